The monoisotopic (exact) mass is 221 g/mol. The molecule has 0 atom stereocenters. The molecule has 2 heterocycles. The van der Waals surface area contributed by atoms with Crippen molar-refractivity contribution in [1.29, 1.82) is 0 Å². The van der Waals surface area contributed by atoms with Crippen LogP contribution in [0, 0.1) is 0 Å². The Morgan fingerprint density at radius 1 is 1.53 bits per heavy atom. The van der Waals surface area contributed by atoms with Gasteiger partial charge in [-0.3, -0.25) is 4.68 Å². The Morgan fingerprint density at radius 2 is 2.40 bits per heavy atom. The first-order chi connectivity index (χ1) is 7.29. The fraction of sp³-hybridized carbons (Fsp3) is 0.364. The van der Waals surface area contributed by atoms with Gasteiger partial charge < -0.3 is 5.32 Å². The molecule has 0 fully saturated rings. The highest BCUT2D eigenvalue weighted by atomic mass is 32.1. The molecule has 2 aromatic heterocycles. The molecule has 0 aromatic carbocycles. The standard InChI is InChI=1S/C11H15N3S/c1-3-10-6-11(14(2)13-10)12-7-9-4-5-15-8-9/h4-6,8,12H,3,7H2,1-2H3. The van der Waals surface area contributed by atoms with Crippen molar-refractivity contribution in [3.05, 3.63) is 34.2 Å². The first-order valence-electron chi connectivity index (χ1n) is 5.07. The van der Waals surface area contributed by atoms with E-state index in [1.807, 2.05) is 11.7 Å². The third kappa shape index (κ3) is 2.39. The first kappa shape index (κ1) is 10.2. The summed E-state index contributed by atoms with van der Waals surface area (Å²) >= 11 is 1.73. The Morgan fingerprint density at radius 3 is 3.00 bits per heavy atom. The van der Waals surface area contributed by atoms with Crippen LogP contribution in [0.2, 0.25) is 0 Å². The SMILES string of the molecule is CCc1cc(NCc2ccsc2)n(C)n1. The van der Waals surface area contributed by atoms with Crippen molar-refractivity contribution in [2.24, 2.45) is 7.05 Å². The molecule has 15 heavy (non-hydrogen) atoms. The van der Waals surface area contributed by atoms with Crippen LogP contribution in [0.25, 0.3) is 0 Å². The molecule has 80 valence electrons. The third-order valence-electron chi connectivity index (χ3n) is 2.35. The third-order valence-corrected chi connectivity index (χ3v) is 3.08. The number of nitrogens with zero attached hydrogens (tertiary/aromatic N) is 2. The lowest BCUT2D eigenvalue weighted by Gasteiger charge is -2.03. The van der Waals surface area contributed by atoms with Gasteiger partial charge in [0, 0.05) is 19.7 Å². The van der Waals surface area contributed by atoms with Crippen molar-refractivity contribution >= 4 is 17.2 Å². The molecule has 0 amide bonds. The number of aromatic nitrogens is 2. The molecule has 0 unspecified atom stereocenters. The maximum Gasteiger partial charge on any atom is 0.124 e. The van der Waals surface area contributed by atoms with Crippen LogP contribution < -0.4 is 5.32 Å². The molecule has 0 radical (unpaired) electrons. The van der Waals surface area contributed by atoms with Gasteiger partial charge in [0.2, 0.25) is 0 Å². The van der Waals surface area contributed by atoms with E-state index in [1.54, 1.807) is 11.3 Å². The van der Waals surface area contributed by atoms with Gasteiger partial charge in [-0.15, -0.1) is 0 Å². The summed E-state index contributed by atoms with van der Waals surface area (Å²) in [5.74, 6) is 1.08. The molecule has 3 nitrogen and oxygen atoms in total. The molecule has 0 spiro atoms. The van der Waals surface area contributed by atoms with E-state index in [1.165, 1.54) is 5.56 Å². The van der Waals surface area contributed by atoms with E-state index < -0.39 is 0 Å². The van der Waals surface area contributed by atoms with Crippen molar-refractivity contribution in [2.45, 2.75) is 19.9 Å². The fourth-order valence-corrected chi connectivity index (χ4v) is 2.12. The zero-order chi connectivity index (χ0) is 10.7. The molecule has 0 aliphatic rings. The van der Waals surface area contributed by atoms with Crippen LogP contribution in [0.3, 0.4) is 0 Å². The van der Waals surface area contributed by atoms with Crippen molar-refractivity contribution < 1.29 is 0 Å². The second-order valence-electron chi connectivity index (χ2n) is 3.48. The second-order valence-corrected chi connectivity index (χ2v) is 4.26. The van der Waals surface area contributed by atoms with Crippen LogP contribution >= 0.6 is 11.3 Å². The number of nitrogens with one attached hydrogen (secondary N) is 1. The van der Waals surface area contributed by atoms with Crippen molar-refractivity contribution in [3.8, 4) is 0 Å². The minimum absolute atomic E-state index is 0.867. The zero-order valence-corrected chi connectivity index (χ0v) is 9.84. The molecule has 0 aliphatic carbocycles. The van der Waals surface area contributed by atoms with Gasteiger partial charge in [0.15, 0.2) is 0 Å². The summed E-state index contributed by atoms with van der Waals surface area (Å²) in [7, 11) is 1.97. The summed E-state index contributed by atoms with van der Waals surface area (Å²) in [6, 6.07) is 4.24. The summed E-state index contributed by atoms with van der Waals surface area (Å²) in [5.41, 5.74) is 2.45. The lowest BCUT2D eigenvalue weighted by molar-refractivity contribution is 0.748. The van der Waals surface area contributed by atoms with Crippen molar-refractivity contribution in [1.82, 2.24) is 9.78 Å². The molecular formula is C11H15N3S. The van der Waals surface area contributed by atoms with E-state index in [9.17, 15) is 0 Å². The van der Waals surface area contributed by atoms with Gasteiger partial charge in [-0.05, 0) is 28.8 Å². The molecule has 0 saturated heterocycles. The predicted molar refractivity (Wildman–Crippen MR) is 64.2 cm³/mol. The summed E-state index contributed by atoms with van der Waals surface area (Å²) in [4.78, 5) is 0. The Labute approximate surface area is 93.7 Å². The predicted octanol–water partition coefficient (Wildman–Crippen LogP) is 2.66. The van der Waals surface area contributed by atoms with E-state index in [2.05, 4.69) is 40.2 Å². The Hall–Kier alpha value is -1.29. The molecule has 2 aromatic rings. The summed E-state index contributed by atoms with van der Waals surface area (Å²) < 4.78 is 1.89. The van der Waals surface area contributed by atoms with Gasteiger partial charge in [0.1, 0.15) is 5.82 Å². The van der Waals surface area contributed by atoms with Crippen LogP contribution in [0.4, 0.5) is 5.82 Å². The van der Waals surface area contributed by atoms with Gasteiger partial charge in [0.25, 0.3) is 0 Å². The minimum atomic E-state index is 0.867. The lowest BCUT2D eigenvalue weighted by Crippen LogP contribution is -2.03. The number of anilines is 1. The number of aryl methyl sites for hydroxylation is 2. The smallest absolute Gasteiger partial charge is 0.124 e. The summed E-state index contributed by atoms with van der Waals surface area (Å²) in [6.07, 6.45) is 0.980. The number of thiophene rings is 1. The molecule has 0 aliphatic heterocycles. The van der Waals surface area contributed by atoms with Crippen molar-refractivity contribution in [2.75, 3.05) is 5.32 Å². The van der Waals surface area contributed by atoms with E-state index >= 15 is 0 Å². The maximum atomic E-state index is 4.39. The van der Waals surface area contributed by atoms with E-state index in [4.69, 9.17) is 0 Å². The van der Waals surface area contributed by atoms with E-state index in [0.29, 0.717) is 0 Å². The summed E-state index contributed by atoms with van der Waals surface area (Å²) in [6.45, 7) is 2.98. The number of hydrogen-bond donors (Lipinski definition) is 1. The van der Waals surface area contributed by atoms with Crippen LogP contribution in [-0.4, -0.2) is 9.78 Å². The molecule has 4 heteroatoms. The minimum Gasteiger partial charge on any atom is -0.366 e. The van der Waals surface area contributed by atoms with E-state index in [0.717, 1.165) is 24.5 Å². The molecule has 0 bridgehead atoms. The maximum absolute atomic E-state index is 4.39. The van der Waals surface area contributed by atoms with Crippen LogP contribution in [-0.2, 0) is 20.0 Å². The molecule has 2 rings (SSSR count). The van der Waals surface area contributed by atoms with Gasteiger partial charge in [-0.2, -0.15) is 16.4 Å². The molecule has 0 saturated carbocycles. The Kier molecular flexibility index (Phi) is 3.06. The topological polar surface area (TPSA) is 29.9 Å². The largest absolute Gasteiger partial charge is 0.366 e. The van der Waals surface area contributed by atoms with Crippen molar-refractivity contribution in [3.63, 3.8) is 0 Å². The average Bonchev–Trinajstić information content (AvgIpc) is 2.84. The first-order valence-corrected chi connectivity index (χ1v) is 6.01. The normalized spacial score (nSPS) is 10.5. The summed E-state index contributed by atoms with van der Waals surface area (Å²) in [5, 5.41) is 12.0. The highest BCUT2D eigenvalue weighted by molar-refractivity contribution is 7.07. The highest BCUT2D eigenvalue weighted by Crippen LogP contribution is 2.12. The number of hydrogen-bond acceptors (Lipinski definition) is 3. The van der Waals surface area contributed by atoms with Gasteiger partial charge >= 0.3 is 0 Å². The number of rotatable bonds is 4. The Balaban J connectivity index is 2.01. The van der Waals surface area contributed by atoms with Gasteiger partial charge in [0.05, 0.1) is 5.69 Å². The second kappa shape index (κ2) is 4.49. The van der Waals surface area contributed by atoms with Gasteiger partial charge in [-0.25, -0.2) is 0 Å². The van der Waals surface area contributed by atoms with Crippen LogP contribution in [0.15, 0.2) is 22.9 Å². The lowest BCUT2D eigenvalue weighted by atomic mass is 10.3. The average molecular weight is 221 g/mol. The van der Waals surface area contributed by atoms with Gasteiger partial charge in [-0.1, -0.05) is 6.92 Å². The quantitative estimate of drug-likeness (QED) is 0.860. The van der Waals surface area contributed by atoms with E-state index in [-0.39, 0.29) is 0 Å². The zero-order valence-electron chi connectivity index (χ0n) is 9.03. The fourth-order valence-electron chi connectivity index (χ4n) is 1.45. The molecule has 1 N–H and O–H groups in total. The Bertz CT molecular complexity index is 417. The van der Waals surface area contributed by atoms with Crippen LogP contribution in [0.5, 0.6) is 0 Å². The van der Waals surface area contributed by atoms with Crippen LogP contribution in [0.1, 0.15) is 18.2 Å². The molecular weight excluding hydrogens is 206 g/mol. The highest BCUT2D eigenvalue weighted by Gasteiger charge is 2.02.